The van der Waals surface area contributed by atoms with E-state index < -0.39 is 5.97 Å². The highest BCUT2D eigenvalue weighted by Crippen LogP contribution is 2.17. The number of hydrogen-bond donors (Lipinski definition) is 4. The van der Waals surface area contributed by atoms with Gasteiger partial charge in [0, 0.05) is 25.0 Å². The zero-order chi connectivity index (χ0) is 14.3. The van der Waals surface area contributed by atoms with Crippen LogP contribution in [-0.4, -0.2) is 43.8 Å². The van der Waals surface area contributed by atoms with Crippen molar-refractivity contribution in [1.82, 2.24) is 5.32 Å². The molecule has 0 unspecified atom stereocenters. The molecule has 5 N–H and O–H groups in total. The number of carbonyl (C=O) groups excluding carboxylic acids is 1. The zero-order valence-corrected chi connectivity index (χ0v) is 10.6. The maximum Gasteiger partial charge on any atom is 0.337 e. The Bertz CT molecular complexity index is 462. The van der Waals surface area contributed by atoms with Crippen LogP contribution in [0.25, 0.3) is 0 Å². The summed E-state index contributed by atoms with van der Waals surface area (Å²) in [5.74, 6) is -1.31. The second kappa shape index (κ2) is 7.22. The van der Waals surface area contributed by atoms with Crippen LogP contribution >= 0.6 is 0 Å². The van der Waals surface area contributed by atoms with Crippen LogP contribution in [0.4, 0.5) is 11.4 Å². The van der Waals surface area contributed by atoms with Crippen molar-refractivity contribution in [2.45, 2.75) is 0 Å². The fraction of sp³-hybridized carbons (Fsp3) is 0.333. The van der Waals surface area contributed by atoms with E-state index in [1.807, 2.05) is 0 Å². The number of nitrogens with two attached hydrogens (primary N) is 1. The highest BCUT2D eigenvalue weighted by Gasteiger charge is 2.09. The van der Waals surface area contributed by atoms with Gasteiger partial charge >= 0.3 is 5.97 Å². The summed E-state index contributed by atoms with van der Waals surface area (Å²) in [5, 5.41) is 14.4. The molecule has 0 aliphatic carbocycles. The lowest BCUT2D eigenvalue weighted by Gasteiger charge is -2.09. The molecule has 0 aliphatic heterocycles. The van der Waals surface area contributed by atoms with Crippen LogP contribution in [0.15, 0.2) is 18.2 Å². The fourth-order valence-corrected chi connectivity index (χ4v) is 1.39. The van der Waals surface area contributed by atoms with Crippen LogP contribution in [0, 0.1) is 0 Å². The molecule has 1 aromatic rings. The van der Waals surface area contributed by atoms with Crippen molar-refractivity contribution in [3.63, 3.8) is 0 Å². The molecule has 1 rings (SSSR count). The van der Waals surface area contributed by atoms with Gasteiger partial charge in [0.15, 0.2) is 0 Å². The predicted octanol–water partition coefficient (Wildman–Crippen LogP) is 0.142. The number of nitrogens with one attached hydrogen (secondary N) is 2. The number of carbonyl (C=O) groups is 2. The molecule has 0 bridgehead atoms. The molecule has 0 saturated carbocycles. The molecule has 104 valence electrons. The summed E-state index contributed by atoms with van der Waals surface area (Å²) in [5.41, 5.74) is 6.23. The average Bonchev–Trinajstić information content (AvgIpc) is 2.37. The second-order valence-corrected chi connectivity index (χ2v) is 3.80. The van der Waals surface area contributed by atoms with Gasteiger partial charge in [-0.3, -0.25) is 4.79 Å². The number of carboxylic acids is 1. The molecule has 0 atom stereocenters. The number of anilines is 2. The van der Waals surface area contributed by atoms with E-state index >= 15 is 0 Å². The number of rotatable bonds is 7. The third-order valence-electron chi connectivity index (χ3n) is 2.37. The Morgan fingerprint density at radius 1 is 1.42 bits per heavy atom. The molecule has 0 saturated heterocycles. The van der Waals surface area contributed by atoms with Crippen molar-refractivity contribution in [1.29, 1.82) is 0 Å². The number of benzene rings is 1. The summed E-state index contributed by atoms with van der Waals surface area (Å²) in [6.07, 6.45) is 0. The van der Waals surface area contributed by atoms with E-state index in [1.165, 1.54) is 12.1 Å². The van der Waals surface area contributed by atoms with E-state index in [-0.39, 0.29) is 23.7 Å². The first-order chi connectivity index (χ1) is 9.04. The Morgan fingerprint density at radius 3 is 2.79 bits per heavy atom. The van der Waals surface area contributed by atoms with E-state index in [1.54, 1.807) is 13.2 Å². The third kappa shape index (κ3) is 4.84. The lowest BCUT2D eigenvalue weighted by Crippen LogP contribution is -2.32. The number of carboxylic acid groups (broad SMARTS) is 1. The van der Waals surface area contributed by atoms with Crippen molar-refractivity contribution < 1.29 is 19.4 Å². The fourth-order valence-electron chi connectivity index (χ4n) is 1.39. The number of nitrogen functional groups attached to an aromatic ring is 1. The molecule has 1 amide bonds. The topological polar surface area (TPSA) is 114 Å². The number of hydrogen-bond acceptors (Lipinski definition) is 5. The van der Waals surface area contributed by atoms with Crippen LogP contribution in [0.1, 0.15) is 10.4 Å². The molecule has 0 aromatic heterocycles. The van der Waals surface area contributed by atoms with Crippen LogP contribution in [0.2, 0.25) is 0 Å². The largest absolute Gasteiger partial charge is 0.478 e. The van der Waals surface area contributed by atoms with Crippen molar-refractivity contribution in [3.8, 4) is 0 Å². The van der Waals surface area contributed by atoms with Crippen LogP contribution in [-0.2, 0) is 9.53 Å². The summed E-state index contributed by atoms with van der Waals surface area (Å²) in [6, 6.07) is 4.49. The molecule has 1 aromatic carbocycles. The van der Waals surface area contributed by atoms with E-state index in [9.17, 15) is 9.59 Å². The molecule has 0 fully saturated rings. The summed E-state index contributed by atoms with van der Waals surface area (Å²) < 4.78 is 4.80. The monoisotopic (exact) mass is 267 g/mol. The first-order valence-corrected chi connectivity index (χ1v) is 5.67. The van der Waals surface area contributed by atoms with Gasteiger partial charge in [-0.05, 0) is 18.2 Å². The van der Waals surface area contributed by atoms with E-state index in [4.69, 9.17) is 15.6 Å². The van der Waals surface area contributed by atoms with Crippen LogP contribution < -0.4 is 16.4 Å². The number of amides is 1. The Hall–Kier alpha value is -2.28. The molecule has 0 spiro atoms. The summed E-state index contributed by atoms with van der Waals surface area (Å²) >= 11 is 0. The Kier molecular flexibility index (Phi) is 5.62. The number of ether oxygens (including phenoxy) is 1. The lowest BCUT2D eigenvalue weighted by atomic mass is 10.1. The van der Waals surface area contributed by atoms with Gasteiger partial charge < -0.3 is 26.2 Å². The van der Waals surface area contributed by atoms with Gasteiger partial charge in [0.25, 0.3) is 0 Å². The predicted molar refractivity (Wildman–Crippen MR) is 71.2 cm³/mol. The van der Waals surface area contributed by atoms with Crippen molar-refractivity contribution in [3.05, 3.63) is 23.8 Å². The highest BCUT2D eigenvalue weighted by molar-refractivity contribution is 5.95. The van der Waals surface area contributed by atoms with Crippen molar-refractivity contribution in [2.24, 2.45) is 0 Å². The smallest absolute Gasteiger partial charge is 0.337 e. The quantitative estimate of drug-likeness (QED) is 0.413. The average molecular weight is 267 g/mol. The zero-order valence-electron chi connectivity index (χ0n) is 10.6. The molecule has 0 radical (unpaired) electrons. The van der Waals surface area contributed by atoms with Crippen molar-refractivity contribution in [2.75, 3.05) is 37.9 Å². The summed E-state index contributed by atoms with van der Waals surface area (Å²) in [6.45, 7) is 0.919. The summed E-state index contributed by atoms with van der Waals surface area (Å²) in [7, 11) is 1.55. The van der Waals surface area contributed by atoms with Gasteiger partial charge in [-0.2, -0.15) is 0 Å². The normalized spacial score (nSPS) is 9.95. The van der Waals surface area contributed by atoms with Crippen LogP contribution in [0.5, 0.6) is 0 Å². The molecule has 7 heteroatoms. The first kappa shape index (κ1) is 14.8. The minimum Gasteiger partial charge on any atom is -0.478 e. The highest BCUT2D eigenvalue weighted by atomic mass is 16.5. The van der Waals surface area contributed by atoms with E-state index in [0.29, 0.717) is 18.8 Å². The van der Waals surface area contributed by atoms with Gasteiger partial charge in [0.05, 0.1) is 18.7 Å². The number of aromatic carboxylic acids is 1. The Morgan fingerprint density at radius 2 is 2.16 bits per heavy atom. The summed E-state index contributed by atoms with van der Waals surface area (Å²) in [4.78, 5) is 22.3. The van der Waals surface area contributed by atoms with Gasteiger partial charge in [-0.15, -0.1) is 0 Å². The Labute approximate surface area is 110 Å². The minimum atomic E-state index is -1.11. The Balaban J connectivity index is 2.51. The second-order valence-electron chi connectivity index (χ2n) is 3.80. The first-order valence-electron chi connectivity index (χ1n) is 5.67. The maximum absolute atomic E-state index is 11.4. The van der Waals surface area contributed by atoms with Crippen LogP contribution in [0.3, 0.4) is 0 Å². The van der Waals surface area contributed by atoms with Gasteiger partial charge in [-0.25, -0.2) is 4.79 Å². The van der Waals surface area contributed by atoms with Gasteiger partial charge in [0.2, 0.25) is 5.91 Å². The lowest BCUT2D eigenvalue weighted by molar-refractivity contribution is -0.119. The van der Waals surface area contributed by atoms with Gasteiger partial charge in [0.1, 0.15) is 0 Å². The molecular formula is C12H17N3O4. The van der Waals surface area contributed by atoms with Crippen molar-refractivity contribution >= 4 is 23.3 Å². The van der Waals surface area contributed by atoms with Gasteiger partial charge in [-0.1, -0.05) is 0 Å². The molecule has 0 heterocycles. The molecule has 19 heavy (non-hydrogen) atoms. The molecule has 0 aliphatic rings. The standard InChI is InChI=1S/C12H17N3O4/c1-19-5-4-14-11(16)7-15-8-2-3-10(13)9(6-8)12(17)18/h2-3,6,15H,4-5,7,13H2,1H3,(H,14,16)(H,17,18). The molecule has 7 nitrogen and oxygen atoms in total. The SMILES string of the molecule is COCCNC(=O)CNc1ccc(N)c(C(=O)O)c1. The molecular weight excluding hydrogens is 250 g/mol. The van der Waals surface area contributed by atoms with E-state index in [2.05, 4.69) is 10.6 Å². The maximum atomic E-state index is 11.4. The van der Waals surface area contributed by atoms with E-state index in [0.717, 1.165) is 0 Å². The number of methoxy groups -OCH3 is 1. The third-order valence-corrected chi connectivity index (χ3v) is 2.37. The minimum absolute atomic E-state index is 0.00444.